The Labute approximate surface area is 135 Å². The van der Waals surface area contributed by atoms with E-state index in [0.717, 1.165) is 5.56 Å². The minimum atomic E-state index is -1.02. The summed E-state index contributed by atoms with van der Waals surface area (Å²) in [4.78, 5) is 24.5. The van der Waals surface area contributed by atoms with E-state index in [1.54, 1.807) is 6.92 Å². The van der Waals surface area contributed by atoms with Crippen molar-refractivity contribution in [3.8, 4) is 0 Å². The van der Waals surface area contributed by atoms with Crippen LogP contribution in [0, 0.1) is 0 Å². The van der Waals surface area contributed by atoms with Crippen LogP contribution in [0.2, 0.25) is 0 Å². The van der Waals surface area contributed by atoms with Gasteiger partial charge in [-0.25, -0.2) is 4.79 Å². The molecule has 0 saturated carbocycles. The highest BCUT2D eigenvalue weighted by atomic mass is 35.5. The molecule has 1 heterocycles. The summed E-state index contributed by atoms with van der Waals surface area (Å²) in [6.45, 7) is 2.22. The van der Waals surface area contributed by atoms with Crippen LogP contribution in [0.5, 0.6) is 0 Å². The Morgan fingerprint density at radius 2 is 2.05 bits per heavy atom. The zero-order valence-corrected chi connectivity index (χ0v) is 13.2. The highest BCUT2D eigenvalue weighted by Crippen LogP contribution is 2.22. The maximum atomic E-state index is 12.0. The number of carboxylic acid groups (broad SMARTS) is 1. The Balaban J connectivity index is 0.00000242. The fourth-order valence-corrected chi connectivity index (χ4v) is 2.45. The number of amides is 1. The number of carbonyl (C=O) groups excluding carboxylic acids is 1. The van der Waals surface area contributed by atoms with Crippen molar-refractivity contribution in [3.63, 3.8) is 0 Å². The molecular weight excluding hydrogens is 308 g/mol. The first kappa shape index (κ1) is 18.4. The number of halogens is 1. The van der Waals surface area contributed by atoms with Crippen LogP contribution in [0.3, 0.4) is 0 Å². The predicted octanol–water partition coefficient (Wildman–Crippen LogP) is 1.03. The first-order chi connectivity index (χ1) is 9.99. The molecule has 22 heavy (non-hydrogen) atoms. The lowest BCUT2D eigenvalue weighted by molar-refractivity contribution is -0.148. The SMILES string of the molecule is C[C@H](N)C(=O)N1CC(OCc2ccccc2)C[C@H]1C(=O)O.Cl. The summed E-state index contributed by atoms with van der Waals surface area (Å²) in [6.07, 6.45) is 0.00896. The molecule has 6 nitrogen and oxygen atoms in total. The fraction of sp³-hybridized carbons (Fsp3) is 0.467. The molecule has 0 aliphatic carbocycles. The molecule has 1 amide bonds. The lowest BCUT2D eigenvalue weighted by Gasteiger charge is -2.23. The van der Waals surface area contributed by atoms with E-state index >= 15 is 0 Å². The quantitative estimate of drug-likeness (QED) is 0.842. The number of hydrogen-bond acceptors (Lipinski definition) is 4. The zero-order valence-electron chi connectivity index (χ0n) is 12.3. The monoisotopic (exact) mass is 328 g/mol. The van der Waals surface area contributed by atoms with E-state index in [-0.39, 0.29) is 31.0 Å². The van der Waals surface area contributed by atoms with Gasteiger partial charge in [-0.2, -0.15) is 0 Å². The molecule has 0 bridgehead atoms. The third-order valence-corrected chi connectivity index (χ3v) is 3.55. The number of ether oxygens (including phenoxy) is 1. The van der Waals surface area contributed by atoms with E-state index in [1.165, 1.54) is 4.90 Å². The van der Waals surface area contributed by atoms with E-state index < -0.39 is 18.1 Å². The van der Waals surface area contributed by atoms with Gasteiger partial charge in [0.2, 0.25) is 5.91 Å². The summed E-state index contributed by atoms with van der Waals surface area (Å²) in [5.41, 5.74) is 6.58. The van der Waals surface area contributed by atoms with Gasteiger partial charge in [0.1, 0.15) is 6.04 Å². The molecule has 1 fully saturated rings. The van der Waals surface area contributed by atoms with Crippen molar-refractivity contribution in [2.45, 2.75) is 38.1 Å². The molecule has 3 N–H and O–H groups in total. The minimum Gasteiger partial charge on any atom is -0.480 e. The molecule has 1 unspecified atom stereocenters. The van der Waals surface area contributed by atoms with Gasteiger partial charge in [0.25, 0.3) is 0 Å². The van der Waals surface area contributed by atoms with Gasteiger partial charge in [0, 0.05) is 13.0 Å². The summed E-state index contributed by atoms with van der Waals surface area (Å²) in [6, 6.07) is 8.06. The molecule has 1 saturated heterocycles. The predicted molar refractivity (Wildman–Crippen MR) is 83.7 cm³/mol. The normalized spacial score (nSPS) is 22.0. The lowest BCUT2D eigenvalue weighted by Crippen LogP contribution is -2.47. The highest BCUT2D eigenvalue weighted by molar-refractivity contribution is 5.87. The number of rotatable bonds is 5. The molecule has 0 spiro atoms. The number of nitrogens with two attached hydrogens (primary N) is 1. The van der Waals surface area contributed by atoms with Crippen LogP contribution in [0.1, 0.15) is 18.9 Å². The Hall–Kier alpha value is -1.63. The number of carbonyl (C=O) groups is 2. The van der Waals surface area contributed by atoms with Gasteiger partial charge < -0.3 is 20.5 Å². The molecule has 2 rings (SSSR count). The second-order valence-electron chi connectivity index (χ2n) is 5.29. The van der Waals surface area contributed by atoms with E-state index in [9.17, 15) is 14.7 Å². The summed E-state index contributed by atoms with van der Waals surface area (Å²) >= 11 is 0. The summed E-state index contributed by atoms with van der Waals surface area (Å²) in [5.74, 6) is -1.37. The summed E-state index contributed by atoms with van der Waals surface area (Å²) in [7, 11) is 0. The molecule has 1 aromatic rings. The van der Waals surface area contributed by atoms with Crippen LogP contribution >= 0.6 is 12.4 Å². The molecule has 0 radical (unpaired) electrons. The molecule has 0 aromatic heterocycles. The smallest absolute Gasteiger partial charge is 0.326 e. The van der Waals surface area contributed by atoms with Crippen LogP contribution in [-0.4, -0.2) is 46.6 Å². The third kappa shape index (κ3) is 4.43. The van der Waals surface area contributed by atoms with E-state index in [0.29, 0.717) is 13.0 Å². The second kappa shape index (κ2) is 8.12. The number of benzene rings is 1. The van der Waals surface area contributed by atoms with Gasteiger partial charge in [-0.1, -0.05) is 30.3 Å². The topological polar surface area (TPSA) is 92.9 Å². The van der Waals surface area contributed by atoms with Crippen LogP contribution in [0.15, 0.2) is 30.3 Å². The van der Waals surface area contributed by atoms with Gasteiger partial charge in [0.05, 0.1) is 18.8 Å². The number of carboxylic acids is 1. The van der Waals surface area contributed by atoms with Crippen molar-refractivity contribution in [2.75, 3.05) is 6.54 Å². The Morgan fingerprint density at radius 3 is 2.59 bits per heavy atom. The van der Waals surface area contributed by atoms with Gasteiger partial charge in [0.15, 0.2) is 0 Å². The average molecular weight is 329 g/mol. The van der Waals surface area contributed by atoms with Crippen molar-refractivity contribution in [1.82, 2.24) is 4.90 Å². The maximum Gasteiger partial charge on any atom is 0.326 e. The Kier molecular flexibility index (Phi) is 6.80. The number of nitrogens with zero attached hydrogens (tertiary/aromatic N) is 1. The van der Waals surface area contributed by atoms with Crippen LogP contribution in [-0.2, 0) is 20.9 Å². The van der Waals surface area contributed by atoms with E-state index in [1.807, 2.05) is 30.3 Å². The molecule has 1 aromatic carbocycles. The van der Waals surface area contributed by atoms with Gasteiger partial charge >= 0.3 is 5.97 Å². The first-order valence-electron chi connectivity index (χ1n) is 6.93. The third-order valence-electron chi connectivity index (χ3n) is 3.55. The van der Waals surface area contributed by atoms with Crippen LogP contribution < -0.4 is 5.73 Å². The minimum absolute atomic E-state index is 0. The lowest BCUT2D eigenvalue weighted by atomic mass is 10.2. The second-order valence-corrected chi connectivity index (χ2v) is 5.29. The molecule has 3 atom stereocenters. The maximum absolute atomic E-state index is 12.0. The highest BCUT2D eigenvalue weighted by Gasteiger charge is 2.40. The van der Waals surface area contributed by atoms with Gasteiger partial charge in [-0.3, -0.25) is 4.79 Å². The molecule has 1 aliphatic rings. The molecule has 122 valence electrons. The summed E-state index contributed by atoms with van der Waals surface area (Å²) < 4.78 is 5.73. The van der Waals surface area contributed by atoms with Gasteiger partial charge in [-0.15, -0.1) is 12.4 Å². The largest absolute Gasteiger partial charge is 0.480 e. The standard InChI is InChI=1S/C15H20N2O4.ClH/c1-10(16)14(18)17-8-12(7-13(17)15(19)20)21-9-11-5-3-2-4-6-11;/h2-6,10,12-13H,7-9,16H2,1H3,(H,19,20);1H/t10-,12?,13-;/m0./s1. The van der Waals surface area contributed by atoms with Crippen molar-refractivity contribution in [2.24, 2.45) is 5.73 Å². The van der Waals surface area contributed by atoms with Gasteiger partial charge in [-0.05, 0) is 12.5 Å². The molecule has 7 heteroatoms. The number of likely N-dealkylation sites (tertiary alicyclic amines) is 1. The van der Waals surface area contributed by atoms with Crippen molar-refractivity contribution >= 4 is 24.3 Å². The van der Waals surface area contributed by atoms with Crippen molar-refractivity contribution < 1.29 is 19.4 Å². The summed E-state index contributed by atoms with van der Waals surface area (Å²) in [5, 5.41) is 9.23. The van der Waals surface area contributed by atoms with Crippen LogP contribution in [0.4, 0.5) is 0 Å². The fourth-order valence-electron chi connectivity index (χ4n) is 2.45. The zero-order chi connectivity index (χ0) is 15.4. The average Bonchev–Trinajstić information content (AvgIpc) is 2.89. The van der Waals surface area contributed by atoms with Crippen molar-refractivity contribution in [1.29, 1.82) is 0 Å². The molecular formula is C15H21ClN2O4. The van der Waals surface area contributed by atoms with Crippen LogP contribution in [0.25, 0.3) is 0 Å². The first-order valence-corrected chi connectivity index (χ1v) is 6.93. The number of aliphatic carboxylic acids is 1. The van der Waals surface area contributed by atoms with E-state index in [4.69, 9.17) is 10.5 Å². The Bertz CT molecular complexity index is 510. The Morgan fingerprint density at radius 1 is 1.41 bits per heavy atom. The number of hydrogen-bond donors (Lipinski definition) is 2. The van der Waals surface area contributed by atoms with E-state index in [2.05, 4.69) is 0 Å². The van der Waals surface area contributed by atoms with Crippen molar-refractivity contribution in [3.05, 3.63) is 35.9 Å². The molecule has 1 aliphatic heterocycles.